The summed E-state index contributed by atoms with van der Waals surface area (Å²) in [7, 11) is -4.81. The van der Waals surface area contributed by atoms with E-state index in [9.17, 15) is 22.0 Å². The van der Waals surface area contributed by atoms with E-state index in [0.717, 1.165) is 23.1 Å². The molecule has 0 atom stereocenters. The molecule has 1 saturated heterocycles. The molecule has 0 aliphatic carbocycles. The van der Waals surface area contributed by atoms with E-state index in [1.807, 2.05) is 18.2 Å². The number of nitrogens with zero attached hydrogens (tertiary/aromatic N) is 3. The van der Waals surface area contributed by atoms with E-state index in [-0.39, 0.29) is 19.6 Å². The van der Waals surface area contributed by atoms with Crippen molar-refractivity contribution in [2.24, 2.45) is 0 Å². The van der Waals surface area contributed by atoms with Gasteiger partial charge < -0.3 is 14.8 Å². The molecule has 1 aromatic carbocycles. The maximum atomic E-state index is 12.8. The van der Waals surface area contributed by atoms with Gasteiger partial charge in [0.1, 0.15) is 6.10 Å². The maximum Gasteiger partial charge on any atom is 0.341 e. The fourth-order valence-corrected chi connectivity index (χ4v) is 4.33. The molecule has 0 bridgehead atoms. The quantitative estimate of drug-likeness (QED) is 0.368. The van der Waals surface area contributed by atoms with E-state index in [2.05, 4.69) is 20.3 Å². The molecule has 3 aromatic heterocycles. The van der Waals surface area contributed by atoms with Crippen molar-refractivity contribution in [1.82, 2.24) is 20.3 Å². The summed E-state index contributed by atoms with van der Waals surface area (Å²) in [6, 6.07) is 13.6. The first-order valence-corrected chi connectivity index (χ1v) is 12.7. The fourth-order valence-electron chi connectivity index (χ4n) is 3.56. The normalized spacial score (nSPS) is 13.9. The Hall–Kier alpha value is -4.03. The van der Waals surface area contributed by atoms with Crippen LogP contribution in [0.25, 0.3) is 22.2 Å². The van der Waals surface area contributed by atoms with E-state index in [4.69, 9.17) is 9.47 Å². The zero-order chi connectivity index (χ0) is 26.0. The van der Waals surface area contributed by atoms with E-state index in [1.165, 1.54) is 12.1 Å². The minimum Gasteiger partial charge on any atom is -0.469 e. The molecule has 9 nitrogen and oxygen atoms in total. The summed E-state index contributed by atoms with van der Waals surface area (Å²) < 4.78 is 59.8. The van der Waals surface area contributed by atoms with Crippen molar-refractivity contribution in [2.75, 3.05) is 13.2 Å². The van der Waals surface area contributed by atoms with E-state index in [1.54, 1.807) is 24.5 Å². The van der Waals surface area contributed by atoms with Gasteiger partial charge in [-0.3, -0.25) is 9.78 Å². The van der Waals surface area contributed by atoms with Gasteiger partial charge in [0.05, 0.1) is 41.6 Å². The molecule has 0 spiro atoms. The van der Waals surface area contributed by atoms with Crippen LogP contribution in [0.4, 0.5) is 8.78 Å². The van der Waals surface area contributed by atoms with Gasteiger partial charge in [-0.05, 0) is 42.5 Å². The zero-order valence-corrected chi connectivity index (χ0v) is 20.0. The second kappa shape index (κ2) is 10.1. The van der Waals surface area contributed by atoms with Crippen LogP contribution in [0.5, 0.6) is 5.88 Å². The summed E-state index contributed by atoms with van der Waals surface area (Å²) in [6.07, 6.45) is 3.32. The lowest BCUT2D eigenvalue weighted by Crippen LogP contribution is -2.38. The number of hydrogen-bond donors (Lipinski definition) is 1. The Balaban J connectivity index is 0.00000336. The number of hydrogen-bond acceptors (Lipinski definition) is 8. The molecule has 0 saturated carbocycles. The number of halogens is 2. The van der Waals surface area contributed by atoms with Crippen molar-refractivity contribution < 1.29 is 32.9 Å². The number of aromatic nitrogens is 3. The summed E-state index contributed by atoms with van der Waals surface area (Å²) in [5.74, 6) is -3.69. The molecular formula is C25H22F2N4O5S. The van der Waals surface area contributed by atoms with Gasteiger partial charge in [-0.1, -0.05) is 6.07 Å². The lowest BCUT2D eigenvalue weighted by molar-refractivity contribution is -0.0813. The van der Waals surface area contributed by atoms with Crippen LogP contribution in [0.3, 0.4) is 0 Å². The predicted molar refractivity (Wildman–Crippen MR) is 131 cm³/mol. The molecule has 4 aromatic rings. The SMILES string of the molecule is O=C(NCc1cc2nc(-c3ccc(OC4COC4)nc3)ccc2cn1)c1cccc(S(=O)(=O)C(F)F)c1.[HH]. The Morgan fingerprint density at radius 3 is 2.65 bits per heavy atom. The number of rotatable bonds is 8. The van der Waals surface area contributed by atoms with Crippen molar-refractivity contribution in [3.05, 3.63) is 78.2 Å². The Kier molecular flexibility index (Phi) is 6.76. The molecular weight excluding hydrogens is 506 g/mol. The molecule has 1 fully saturated rings. The molecule has 0 unspecified atom stereocenters. The van der Waals surface area contributed by atoms with Gasteiger partial charge in [0.2, 0.25) is 15.7 Å². The number of fused-ring (bicyclic) bond motifs is 1. The van der Waals surface area contributed by atoms with Crippen molar-refractivity contribution >= 4 is 26.6 Å². The van der Waals surface area contributed by atoms with Crippen LogP contribution >= 0.6 is 0 Å². The summed E-state index contributed by atoms with van der Waals surface area (Å²) in [5.41, 5.74) is 2.58. The Morgan fingerprint density at radius 2 is 1.95 bits per heavy atom. The van der Waals surface area contributed by atoms with Crippen molar-refractivity contribution in [1.29, 1.82) is 0 Å². The van der Waals surface area contributed by atoms with Gasteiger partial charge in [-0.15, -0.1) is 0 Å². The molecule has 192 valence electrons. The minimum atomic E-state index is -4.81. The average Bonchev–Trinajstić information content (AvgIpc) is 2.89. The smallest absolute Gasteiger partial charge is 0.341 e. The average molecular weight is 529 g/mol. The van der Waals surface area contributed by atoms with Crippen LogP contribution < -0.4 is 10.1 Å². The third-order valence-corrected chi connectivity index (χ3v) is 7.03. The van der Waals surface area contributed by atoms with Gasteiger partial charge in [0.15, 0.2) is 0 Å². The van der Waals surface area contributed by atoms with Crippen molar-refractivity contribution in [3.63, 3.8) is 0 Å². The number of ether oxygens (including phenoxy) is 2. The highest BCUT2D eigenvalue weighted by Gasteiger charge is 2.27. The van der Waals surface area contributed by atoms with Gasteiger partial charge in [-0.2, -0.15) is 8.78 Å². The number of sulfone groups is 1. The van der Waals surface area contributed by atoms with Crippen LogP contribution in [0.2, 0.25) is 0 Å². The topological polar surface area (TPSA) is 120 Å². The highest BCUT2D eigenvalue weighted by atomic mass is 32.2. The molecule has 1 aliphatic rings. The second-order valence-electron chi connectivity index (χ2n) is 8.24. The van der Waals surface area contributed by atoms with E-state index < -0.39 is 26.4 Å². The van der Waals surface area contributed by atoms with E-state index >= 15 is 0 Å². The largest absolute Gasteiger partial charge is 0.469 e. The molecule has 0 radical (unpaired) electrons. The molecule has 1 aliphatic heterocycles. The number of carbonyl (C=O) groups excluding carboxylic acids is 1. The van der Waals surface area contributed by atoms with Crippen LogP contribution in [-0.4, -0.2) is 54.4 Å². The molecule has 12 heteroatoms. The third-order valence-electron chi connectivity index (χ3n) is 5.65. The minimum absolute atomic E-state index is 0. The number of alkyl halides is 2. The zero-order valence-electron chi connectivity index (χ0n) is 19.2. The monoisotopic (exact) mass is 528 g/mol. The van der Waals surface area contributed by atoms with Crippen LogP contribution in [0.1, 0.15) is 17.5 Å². The first-order valence-electron chi connectivity index (χ1n) is 11.2. The lowest BCUT2D eigenvalue weighted by atomic mass is 10.1. The maximum absolute atomic E-state index is 12.8. The Labute approximate surface area is 211 Å². The molecule has 5 rings (SSSR count). The highest BCUT2D eigenvalue weighted by Crippen LogP contribution is 2.23. The standard InChI is InChI=1S/C25H20F2N4O5S.H2/c26-25(27)37(33,34)20-3-1-2-15(8-20)24(32)30-12-18-9-22-17(10-28-18)4-6-21(31-22)16-5-7-23(29-11-16)36-19-13-35-14-19;/h1-11,19,25H,12-14H2,(H,30,32);1H. The first kappa shape index (κ1) is 24.7. The lowest BCUT2D eigenvalue weighted by Gasteiger charge is -2.26. The molecule has 1 N–H and O–H groups in total. The Morgan fingerprint density at radius 1 is 1.11 bits per heavy atom. The molecule has 1 amide bonds. The number of pyridine rings is 3. The molecule has 4 heterocycles. The first-order chi connectivity index (χ1) is 17.8. The van der Waals surface area contributed by atoms with Gasteiger partial charge >= 0.3 is 5.76 Å². The van der Waals surface area contributed by atoms with Crippen LogP contribution in [0.15, 0.2) is 71.9 Å². The van der Waals surface area contributed by atoms with Gasteiger partial charge in [-0.25, -0.2) is 18.4 Å². The number of nitrogens with one attached hydrogen (secondary N) is 1. The number of carbonyl (C=O) groups is 1. The summed E-state index contributed by atoms with van der Waals surface area (Å²) >= 11 is 0. The summed E-state index contributed by atoms with van der Waals surface area (Å²) in [4.78, 5) is 25.2. The van der Waals surface area contributed by atoms with Crippen molar-refractivity contribution in [2.45, 2.75) is 23.3 Å². The van der Waals surface area contributed by atoms with Crippen LogP contribution in [-0.2, 0) is 21.1 Å². The Bertz CT molecular complexity index is 1570. The highest BCUT2D eigenvalue weighted by molar-refractivity contribution is 7.91. The molecule has 37 heavy (non-hydrogen) atoms. The van der Waals surface area contributed by atoms with Gasteiger partial charge in [0.25, 0.3) is 5.91 Å². The third kappa shape index (κ3) is 5.39. The van der Waals surface area contributed by atoms with Crippen molar-refractivity contribution in [3.8, 4) is 17.1 Å². The van der Waals surface area contributed by atoms with Crippen LogP contribution in [0, 0.1) is 0 Å². The second-order valence-corrected chi connectivity index (χ2v) is 10.2. The summed E-state index contributed by atoms with van der Waals surface area (Å²) in [5, 5.41) is 3.41. The predicted octanol–water partition coefficient (Wildman–Crippen LogP) is 3.64. The van der Waals surface area contributed by atoms with E-state index in [0.29, 0.717) is 36.0 Å². The summed E-state index contributed by atoms with van der Waals surface area (Å²) in [6.45, 7) is 1.13. The van der Waals surface area contributed by atoms with Gasteiger partial charge in [0, 0.05) is 36.4 Å². The number of benzene rings is 1. The fraction of sp³-hybridized carbons (Fsp3) is 0.200. The number of amides is 1.